The van der Waals surface area contributed by atoms with Crippen molar-refractivity contribution < 1.29 is 4.74 Å². The van der Waals surface area contributed by atoms with Crippen molar-refractivity contribution in [3.63, 3.8) is 0 Å². The van der Waals surface area contributed by atoms with Crippen LogP contribution in [0.2, 0.25) is 0 Å². The number of hydrogen-bond acceptors (Lipinski definition) is 4. The number of aromatic nitrogens is 3. The van der Waals surface area contributed by atoms with Crippen molar-refractivity contribution in [1.82, 2.24) is 14.3 Å². The minimum Gasteiger partial charge on any atom is -0.493 e. The van der Waals surface area contributed by atoms with Gasteiger partial charge in [0, 0.05) is 36.6 Å². The zero-order valence-corrected chi connectivity index (χ0v) is 14.4. The summed E-state index contributed by atoms with van der Waals surface area (Å²) in [6, 6.07) is 9.35. The molecule has 0 saturated heterocycles. The number of ether oxygens (including phenoxy) is 1. The number of benzene rings is 1. The summed E-state index contributed by atoms with van der Waals surface area (Å²) < 4.78 is 8.77. The Kier molecular flexibility index (Phi) is 4.40. The Morgan fingerprint density at radius 2 is 2.12 bits per heavy atom. The first kappa shape index (κ1) is 16.5. The normalized spacial score (nSPS) is 10.5. The predicted octanol–water partition coefficient (Wildman–Crippen LogP) is 2.82. The summed E-state index contributed by atoms with van der Waals surface area (Å²) in [6.45, 7) is 4.23. The van der Waals surface area contributed by atoms with E-state index in [1.54, 1.807) is 24.1 Å². The lowest BCUT2D eigenvalue weighted by Crippen LogP contribution is -2.15. The van der Waals surface area contributed by atoms with E-state index in [1.807, 2.05) is 38.2 Å². The molecule has 0 N–H and O–H groups in total. The van der Waals surface area contributed by atoms with Gasteiger partial charge in [0.1, 0.15) is 11.8 Å². The zero-order valence-electron chi connectivity index (χ0n) is 14.4. The van der Waals surface area contributed by atoms with Gasteiger partial charge in [-0.1, -0.05) is 12.1 Å². The summed E-state index contributed by atoms with van der Waals surface area (Å²) in [5, 5.41) is 13.8. The molecule has 0 aliphatic heterocycles. The first-order valence-corrected chi connectivity index (χ1v) is 7.93. The van der Waals surface area contributed by atoms with Crippen molar-refractivity contribution in [2.24, 2.45) is 7.05 Å². The molecular weight excluding hydrogens is 316 g/mol. The molecule has 0 bridgehead atoms. The highest BCUT2D eigenvalue weighted by Crippen LogP contribution is 2.29. The average Bonchev–Trinajstić information content (AvgIpc) is 3.07. The van der Waals surface area contributed by atoms with E-state index in [0.29, 0.717) is 17.9 Å². The zero-order chi connectivity index (χ0) is 18.0. The maximum atomic E-state index is 11.9. The molecule has 6 nitrogen and oxygen atoms in total. The molecule has 3 aromatic rings. The van der Waals surface area contributed by atoms with Gasteiger partial charge in [0.15, 0.2) is 0 Å². The molecule has 1 aromatic carbocycles. The molecule has 0 aliphatic carbocycles. The second-order valence-corrected chi connectivity index (χ2v) is 5.69. The largest absolute Gasteiger partial charge is 0.493 e. The first-order chi connectivity index (χ1) is 12.0. The molecule has 0 fully saturated rings. The van der Waals surface area contributed by atoms with E-state index in [9.17, 15) is 10.1 Å². The number of hydrogen-bond donors (Lipinski definition) is 0. The Morgan fingerprint density at radius 1 is 1.32 bits per heavy atom. The van der Waals surface area contributed by atoms with Gasteiger partial charge in [0.2, 0.25) is 0 Å². The lowest BCUT2D eigenvalue weighted by atomic mass is 10.1. The van der Waals surface area contributed by atoms with Crippen molar-refractivity contribution in [2.45, 2.75) is 13.8 Å². The third kappa shape index (κ3) is 3.04. The average molecular weight is 334 g/mol. The number of nitrogens with zero attached hydrogens (tertiary/aromatic N) is 4. The van der Waals surface area contributed by atoms with Crippen molar-refractivity contribution in [3.8, 4) is 28.6 Å². The van der Waals surface area contributed by atoms with Crippen LogP contribution >= 0.6 is 0 Å². The van der Waals surface area contributed by atoms with E-state index in [-0.39, 0.29) is 5.56 Å². The van der Waals surface area contributed by atoms with Crippen molar-refractivity contribution >= 4 is 0 Å². The molecule has 0 amide bonds. The summed E-state index contributed by atoms with van der Waals surface area (Å²) >= 11 is 0. The van der Waals surface area contributed by atoms with Gasteiger partial charge in [-0.05, 0) is 25.5 Å². The van der Waals surface area contributed by atoms with E-state index in [1.165, 1.54) is 10.6 Å². The Bertz CT molecular complexity index is 1020. The van der Waals surface area contributed by atoms with E-state index in [0.717, 1.165) is 22.4 Å². The van der Waals surface area contributed by atoms with Gasteiger partial charge in [-0.15, -0.1) is 0 Å². The topological polar surface area (TPSA) is 72.8 Å². The van der Waals surface area contributed by atoms with Gasteiger partial charge in [-0.3, -0.25) is 4.79 Å². The van der Waals surface area contributed by atoms with Crippen LogP contribution in [-0.4, -0.2) is 21.0 Å². The highest BCUT2D eigenvalue weighted by Gasteiger charge is 2.13. The third-order valence-corrected chi connectivity index (χ3v) is 3.99. The van der Waals surface area contributed by atoms with E-state index in [4.69, 9.17) is 4.74 Å². The van der Waals surface area contributed by atoms with Crippen LogP contribution < -0.4 is 10.3 Å². The van der Waals surface area contributed by atoms with Gasteiger partial charge < -0.3 is 9.30 Å². The van der Waals surface area contributed by atoms with Crippen molar-refractivity contribution in [2.75, 3.05) is 6.61 Å². The molecule has 3 rings (SSSR count). The SMILES string of the molecule is CCOc1cc(=O)n(C)cc1-c1cnn(-c2cccc(C)c2C#N)c1. The number of rotatable bonds is 4. The highest BCUT2D eigenvalue weighted by atomic mass is 16.5. The summed E-state index contributed by atoms with van der Waals surface area (Å²) in [6.07, 6.45) is 5.26. The minimum atomic E-state index is -0.134. The Hall–Kier alpha value is -3.33. The third-order valence-electron chi connectivity index (χ3n) is 3.99. The van der Waals surface area contributed by atoms with Gasteiger partial charge >= 0.3 is 0 Å². The van der Waals surface area contributed by atoms with Crippen LogP contribution in [0.15, 0.2) is 47.7 Å². The lowest BCUT2D eigenvalue weighted by Gasteiger charge is -2.10. The maximum absolute atomic E-state index is 11.9. The molecule has 0 spiro atoms. The molecule has 0 unspecified atom stereocenters. The van der Waals surface area contributed by atoms with Crippen LogP contribution in [0.4, 0.5) is 0 Å². The molecule has 0 aliphatic rings. The monoisotopic (exact) mass is 334 g/mol. The highest BCUT2D eigenvalue weighted by molar-refractivity contribution is 5.69. The molecule has 2 heterocycles. The Morgan fingerprint density at radius 3 is 2.84 bits per heavy atom. The molecule has 0 saturated carbocycles. The van der Waals surface area contributed by atoms with E-state index >= 15 is 0 Å². The fraction of sp³-hybridized carbons (Fsp3) is 0.211. The van der Waals surface area contributed by atoms with Crippen LogP contribution in [0.1, 0.15) is 18.1 Å². The van der Waals surface area contributed by atoms with Gasteiger partial charge in [-0.25, -0.2) is 4.68 Å². The van der Waals surface area contributed by atoms with E-state index in [2.05, 4.69) is 11.2 Å². The van der Waals surface area contributed by atoms with Gasteiger partial charge in [0.25, 0.3) is 5.56 Å². The second-order valence-electron chi connectivity index (χ2n) is 5.69. The molecule has 6 heteroatoms. The fourth-order valence-electron chi connectivity index (χ4n) is 2.69. The Labute approximate surface area is 145 Å². The molecule has 126 valence electrons. The van der Waals surface area contributed by atoms with Gasteiger partial charge in [-0.2, -0.15) is 10.4 Å². The van der Waals surface area contributed by atoms with Crippen LogP contribution in [0.25, 0.3) is 16.8 Å². The quantitative estimate of drug-likeness (QED) is 0.735. The van der Waals surface area contributed by atoms with Gasteiger partial charge in [0.05, 0.1) is 24.1 Å². The number of pyridine rings is 1. The molecule has 0 radical (unpaired) electrons. The van der Waals surface area contributed by atoms with E-state index < -0.39 is 0 Å². The summed E-state index contributed by atoms with van der Waals surface area (Å²) in [5.41, 5.74) is 3.66. The summed E-state index contributed by atoms with van der Waals surface area (Å²) in [7, 11) is 1.69. The van der Waals surface area contributed by atoms with Crippen molar-refractivity contribution in [1.29, 1.82) is 5.26 Å². The Balaban J connectivity index is 2.12. The molecular formula is C19H18N4O2. The predicted molar refractivity (Wildman–Crippen MR) is 94.9 cm³/mol. The smallest absolute Gasteiger partial charge is 0.254 e. The second kappa shape index (κ2) is 6.65. The van der Waals surface area contributed by atoms with Crippen LogP contribution in [0, 0.1) is 18.3 Å². The molecule has 2 aromatic heterocycles. The standard InChI is InChI=1S/C19H18N4O2/c1-4-25-18-8-19(24)22(3)12-16(18)14-10-21-23(11-14)17-7-5-6-13(2)15(17)9-20/h5-8,10-12H,4H2,1-3H3. The first-order valence-electron chi connectivity index (χ1n) is 7.93. The van der Waals surface area contributed by atoms with Crippen LogP contribution in [0.5, 0.6) is 5.75 Å². The summed E-state index contributed by atoms with van der Waals surface area (Å²) in [4.78, 5) is 11.9. The molecule has 0 atom stereocenters. The van der Waals surface area contributed by atoms with Crippen LogP contribution in [-0.2, 0) is 7.05 Å². The number of aryl methyl sites for hydroxylation is 2. The maximum Gasteiger partial charge on any atom is 0.254 e. The minimum absolute atomic E-state index is 0.134. The summed E-state index contributed by atoms with van der Waals surface area (Å²) in [5.74, 6) is 0.523. The van der Waals surface area contributed by atoms with Crippen LogP contribution in [0.3, 0.4) is 0 Å². The molecule has 25 heavy (non-hydrogen) atoms. The fourth-order valence-corrected chi connectivity index (χ4v) is 2.69. The number of nitriles is 1. The lowest BCUT2D eigenvalue weighted by molar-refractivity contribution is 0.340. The van der Waals surface area contributed by atoms with Crippen molar-refractivity contribution in [3.05, 3.63) is 64.3 Å².